The lowest BCUT2D eigenvalue weighted by Gasteiger charge is -2.21. The Balaban J connectivity index is 2.34. The molecule has 0 unspecified atom stereocenters. The van der Waals surface area contributed by atoms with E-state index in [1.54, 1.807) is 7.11 Å². The predicted octanol–water partition coefficient (Wildman–Crippen LogP) is 3.13. The molecule has 0 aliphatic rings. The molecule has 1 N–H and O–H groups in total. The molecule has 18 heavy (non-hydrogen) atoms. The summed E-state index contributed by atoms with van der Waals surface area (Å²) in [5.41, 5.74) is 2.70. The number of fused-ring (bicyclic) bond motifs is 1. The van der Waals surface area contributed by atoms with E-state index in [1.165, 1.54) is 16.5 Å². The van der Waals surface area contributed by atoms with Gasteiger partial charge >= 0.3 is 0 Å². The van der Waals surface area contributed by atoms with Crippen LogP contribution in [-0.4, -0.2) is 17.2 Å². The molecule has 3 nitrogen and oxygen atoms in total. The van der Waals surface area contributed by atoms with E-state index >= 15 is 0 Å². The van der Waals surface area contributed by atoms with E-state index < -0.39 is 0 Å². The number of hydrogen-bond acceptors (Lipinski definition) is 2. The first-order valence-electron chi connectivity index (χ1n) is 6.32. The van der Waals surface area contributed by atoms with Gasteiger partial charge in [-0.2, -0.15) is 0 Å². The normalized spacial score (nSPS) is 12.2. The summed E-state index contributed by atoms with van der Waals surface area (Å²) in [6.07, 6.45) is 2.08. The Hall–Kier alpha value is -1.32. The zero-order valence-electron chi connectivity index (χ0n) is 11.7. The third-order valence-electron chi connectivity index (χ3n) is 2.95. The zero-order valence-corrected chi connectivity index (χ0v) is 11.7. The molecular formula is C15H22N2O. The van der Waals surface area contributed by atoms with Gasteiger partial charge in [-0.05, 0) is 37.8 Å². The first kappa shape index (κ1) is 13.1. The average Bonchev–Trinajstić information content (AvgIpc) is 2.70. The molecule has 0 aliphatic heterocycles. The molecule has 1 heterocycles. The van der Waals surface area contributed by atoms with Crippen molar-refractivity contribution in [1.29, 1.82) is 0 Å². The third kappa shape index (κ3) is 2.92. The van der Waals surface area contributed by atoms with E-state index in [0.717, 1.165) is 6.54 Å². The van der Waals surface area contributed by atoms with Gasteiger partial charge < -0.3 is 14.6 Å². The molecule has 0 radical (unpaired) electrons. The highest BCUT2D eigenvalue weighted by atomic mass is 16.5. The highest BCUT2D eigenvalue weighted by Gasteiger charge is 2.11. The van der Waals surface area contributed by atoms with Gasteiger partial charge in [-0.25, -0.2) is 0 Å². The molecule has 0 aliphatic carbocycles. The molecular weight excluding hydrogens is 224 g/mol. The Morgan fingerprint density at radius 1 is 1.22 bits per heavy atom. The molecule has 0 spiro atoms. The summed E-state index contributed by atoms with van der Waals surface area (Å²) in [6, 6.07) is 8.56. The van der Waals surface area contributed by atoms with Gasteiger partial charge in [-0.1, -0.05) is 18.2 Å². The lowest BCUT2D eigenvalue weighted by molar-refractivity contribution is 0.134. The van der Waals surface area contributed by atoms with Crippen LogP contribution in [0.3, 0.4) is 0 Å². The molecule has 0 saturated heterocycles. The highest BCUT2D eigenvalue weighted by molar-refractivity contribution is 5.83. The van der Waals surface area contributed by atoms with Gasteiger partial charge in [-0.15, -0.1) is 0 Å². The van der Waals surface area contributed by atoms with Crippen molar-refractivity contribution in [1.82, 2.24) is 9.88 Å². The van der Waals surface area contributed by atoms with Crippen molar-refractivity contribution in [2.45, 2.75) is 39.6 Å². The predicted molar refractivity (Wildman–Crippen MR) is 75.5 cm³/mol. The van der Waals surface area contributed by atoms with Gasteiger partial charge in [-0.3, -0.25) is 0 Å². The quantitative estimate of drug-likeness (QED) is 0.897. The van der Waals surface area contributed by atoms with Crippen LogP contribution in [0.4, 0.5) is 0 Å². The third-order valence-corrected chi connectivity index (χ3v) is 2.95. The molecule has 3 heteroatoms. The summed E-state index contributed by atoms with van der Waals surface area (Å²) in [5.74, 6) is 0. The summed E-state index contributed by atoms with van der Waals surface area (Å²) in [4.78, 5) is 0. The molecule has 2 aromatic rings. The largest absolute Gasteiger partial charge is 0.364 e. The van der Waals surface area contributed by atoms with Crippen LogP contribution in [-0.2, 0) is 18.0 Å². The molecule has 0 atom stereocenters. The summed E-state index contributed by atoms with van der Waals surface area (Å²) in [6.45, 7) is 8.01. The molecule has 1 aromatic carbocycles. The number of nitrogens with zero attached hydrogens (tertiary/aromatic N) is 1. The van der Waals surface area contributed by atoms with Crippen LogP contribution in [0.25, 0.3) is 10.9 Å². The minimum Gasteiger partial charge on any atom is -0.364 e. The van der Waals surface area contributed by atoms with Crippen LogP contribution in [0.15, 0.2) is 30.5 Å². The summed E-state index contributed by atoms with van der Waals surface area (Å²) in [7, 11) is 1.72. The Bertz CT molecular complexity index is 523. The highest BCUT2D eigenvalue weighted by Crippen LogP contribution is 2.21. The van der Waals surface area contributed by atoms with E-state index in [9.17, 15) is 0 Å². The summed E-state index contributed by atoms with van der Waals surface area (Å²) in [5, 5.41) is 4.80. The topological polar surface area (TPSA) is 26.2 Å². The number of methoxy groups -OCH3 is 1. The van der Waals surface area contributed by atoms with Gasteiger partial charge in [0.15, 0.2) is 0 Å². The zero-order chi connectivity index (χ0) is 13.2. The van der Waals surface area contributed by atoms with Crippen LogP contribution in [0.1, 0.15) is 26.3 Å². The summed E-state index contributed by atoms with van der Waals surface area (Å²) < 4.78 is 7.39. The van der Waals surface area contributed by atoms with Crippen LogP contribution in [0.5, 0.6) is 0 Å². The van der Waals surface area contributed by atoms with Crippen LogP contribution in [0.2, 0.25) is 0 Å². The number of nitrogens with one attached hydrogen (secondary N) is 1. The number of rotatable bonds is 4. The van der Waals surface area contributed by atoms with Gasteiger partial charge in [0, 0.05) is 25.4 Å². The van der Waals surface area contributed by atoms with Crippen LogP contribution in [0, 0.1) is 0 Å². The van der Waals surface area contributed by atoms with E-state index in [0.29, 0.717) is 6.73 Å². The van der Waals surface area contributed by atoms with Crippen molar-refractivity contribution in [2.75, 3.05) is 7.11 Å². The molecule has 1 aromatic heterocycles. The Morgan fingerprint density at radius 3 is 2.67 bits per heavy atom. The number of aromatic nitrogens is 1. The Labute approximate surface area is 109 Å². The molecule has 98 valence electrons. The second-order valence-corrected chi connectivity index (χ2v) is 5.66. The van der Waals surface area contributed by atoms with Crippen molar-refractivity contribution in [2.24, 2.45) is 0 Å². The molecule has 0 amide bonds. The van der Waals surface area contributed by atoms with E-state index in [1.807, 2.05) is 0 Å². The summed E-state index contributed by atoms with van der Waals surface area (Å²) >= 11 is 0. The van der Waals surface area contributed by atoms with E-state index in [2.05, 4.69) is 61.1 Å². The lowest BCUT2D eigenvalue weighted by Crippen LogP contribution is -2.35. The molecule has 2 rings (SSSR count). The fraction of sp³-hybridized carbons (Fsp3) is 0.467. The molecule has 0 fully saturated rings. The van der Waals surface area contributed by atoms with Crippen molar-refractivity contribution in [3.05, 3.63) is 36.0 Å². The average molecular weight is 246 g/mol. The van der Waals surface area contributed by atoms with Crippen LogP contribution < -0.4 is 5.32 Å². The Morgan fingerprint density at radius 2 is 2.00 bits per heavy atom. The van der Waals surface area contributed by atoms with E-state index in [4.69, 9.17) is 4.74 Å². The first-order chi connectivity index (χ1) is 8.51. The van der Waals surface area contributed by atoms with Crippen molar-refractivity contribution < 1.29 is 4.74 Å². The smallest absolute Gasteiger partial charge is 0.122 e. The fourth-order valence-electron chi connectivity index (χ4n) is 2.09. The first-order valence-corrected chi connectivity index (χ1v) is 6.32. The standard InChI is InChI=1S/C15H22N2O/c1-15(2,3)16-10-13-7-5-6-12-8-9-17(11-18-4)14(12)13/h5-9,16H,10-11H2,1-4H3. The maximum absolute atomic E-state index is 5.24. The maximum atomic E-state index is 5.24. The number of hydrogen-bond donors (Lipinski definition) is 1. The lowest BCUT2D eigenvalue weighted by atomic mass is 10.1. The van der Waals surface area contributed by atoms with E-state index in [-0.39, 0.29) is 5.54 Å². The molecule has 0 saturated carbocycles. The minimum absolute atomic E-state index is 0.126. The van der Waals surface area contributed by atoms with Crippen molar-refractivity contribution in [3.8, 4) is 0 Å². The minimum atomic E-state index is 0.126. The fourth-order valence-corrected chi connectivity index (χ4v) is 2.09. The van der Waals surface area contributed by atoms with Crippen molar-refractivity contribution in [3.63, 3.8) is 0 Å². The van der Waals surface area contributed by atoms with Crippen molar-refractivity contribution >= 4 is 10.9 Å². The van der Waals surface area contributed by atoms with Crippen LogP contribution >= 0.6 is 0 Å². The maximum Gasteiger partial charge on any atom is 0.122 e. The number of para-hydroxylation sites is 1. The Kier molecular flexibility index (Phi) is 3.73. The van der Waals surface area contributed by atoms with Gasteiger partial charge in [0.25, 0.3) is 0 Å². The van der Waals surface area contributed by atoms with Gasteiger partial charge in [0.05, 0.1) is 5.52 Å². The monoisotopic (exact) mass is 246 g/mol. The second-order valence-electron chi connectivity index (χ2n) is 5.66. The SMILES string of the molecule is COCn1ccc2cccc(CNC(C)(C)C)c21. The van der Waals surface area contributed by atoms with Gasteiger partial charge in [0.1, 0.15) is 6.73 Å². The second kappa shape index (κ2) is 5.12. The number of benzene rings is 1. The molecule has 0 bridgehead atoms. The van der Waals surface area contributed by atoms with Gasteiger partial charge in [0.2, 0.25) is 0 Å². The number of ether oxygens (including phenoxy) is 1.